The molecule has 96 valence electrons. The molecule has 0 atom stereocenters. The van der Waals surface area contributed by atoms with Gasteiger partial charge in [0.15, 0.2) is 11.5 Å². The topological polar surface area (TPSA) is 59.6 Å². The summed E-state index contributed by atoms with van der Waals surface area (Å²) in [6, 6.07) is 3.26. The highest BCUT2D eigenvalue weighted by molar-refractivity contribution is 6.32. The summed E-state index contributed by atoms with van der Waals surface area (Å²) >= 11 is 6.03. The molecule has 1 saturated heterocycles. The fourth-order valence-corrected chi connectivity index (χ4v) is 2.20. The second-order valence-electron chi connectivity index (χ2n) is 4.43. The largest absolute Gasteiger partial charge is 0.454 e. The summed E-state index contributed by atoms with van der Waals surface area (Å²) in [5.74, 6) is 1.43. The summed E-state index contributed by atoms with van der Waals surface area (Å²) < 4.78 is 10.4. The van der Waals surface area contributed by atoms with Crippen molar-refractivity contribution in [2.24, 2.45) is 5.92 Å². The molecule has 0 unspecified atom stereocenters. The molecule has 2 heterocycles. The Kier molecular flexibility index (Phi) is 3.01. The zero-order chi connectivity index (χ0) is 12.5. The van der Waals surface area contributed by atoms with Crippen LogP contribution in [0.4, 0.5) is 0 Å². The summed E-state index contributed by atoms with van der Waals surface area (Å²) in [5.41, 5.74) is 0.497. The maximum absolute atomic E-state index is 12.0. The Morgan fingerprint density at radius 1 is 1.44 bits per heavy atom. The molecule has 0 radical (unpaired) electrons. The molecule has 1 aromatic rings. The molecular weight excluding hydrogens is 256 g/mol. The summed E-state index contributed by atoms with van der Waals surface area (Å²) in [6.45, 7) is 2.75. The molecule has 2 N–H and O–H groups in total. The highest BCUT2D eigenvalue weighted by atomic mass is 35.5. The van der Waals surface area contributed by atoms with Gasteiger partial charge in [-0.25, -0.2) is 0 Å². The van der Waals surface area contributed by atoms with E-state index in [1.807, 2.05) is 0 Å². The Morgan fingerprint density at radius 3 is 3.00 bits per heavy atom. The first-order valence-electron chi connectivity index (χ1n) is 5.82. The average molecular weight is 269 g/mol. The number of hydrogen-bond acceptors (Lipinski definition) is 4. The zero-order valence-corrected chi connectivity index (χ0v) is 10.4. The molecule has 0 spiro atoms. The molecular formula is C12H13ClN2O3. The fourth-order valence-electron chi connectivity index (χ4n) is 1.93. The minimum absolute atomic E-state index is 0.137. The van der Waals surface area contributed by atoms with Gasteiger partial charge >= 0.3 is 0 Å². The van der Waals surface area contributed by atoms with Crippen molar-refractivity contribution in [2.45, 2.75) is 0 Å². The van der Waals surface area contributed by atoms with E-state index in [-0.39, 0.29) is 12.7 Å². The number of fused-ring (bicyclic) bond motifs is 1. The quantitative estimate of drug-likeness (QED) is 0.859. The standard InChI is InChI=1S/C12H13ClN2O3/c13-9-1-8(2-10-11(9)18-6-17-10)12(16)15-5-7-3-14-4-7/h1-2,7,14H,3-6H2,(H,15,16). The van der Waals surface area contributed by atoms with Gasteiger partial charge < -0.3 is 20.1 Å². The third-order valence-electron chi connectivity index (χ3n) is 3.11. The van der Waals surface area contributed by atoms with Crippen molar-refractivity contribution in [2.75, 3.05) is 26.4 Å². The van der Waals surface area contributed by atoms with E-state index in [4.69, 9.17) is 21.1 Å². The fraction of sp³-hybridized carbons (Fsp3) is 0.417. The Labute approximate surface area is 109 Å². The highest BCUT2D eigenvalue weighted by Crippen LogP contribution is 2.39. The number of benzene rings is 1. The minimum atomic E-state index is -0.137. The number of hydrogen-bond donors (Lipinski definition) is 2. The van der Waals surface area contributed by atoms with Gasteiger partial charge in [-0.15, -0.1) is 0 Å². The van der Waals surface area contributed by atoms with Gasteiger partial charge in [0.05, 0.1) is 5.02 Å². The summed E-state index contributed by atoms with van der Waals surface area (Å²) in [6.07, 6.45) is 0. The Morgan fingerprint density at radius 2 is 2.28 bits per heavy atom. The average Bonchev–Trinajstić information content (AvgIpc) is 2.75. The van der Waals surface area contributed by atoms with Gasteiger partial charge in [0.1, 0.15) is 0 Å². The van der Waals surface area contributed by atoms with Gasteiger partial charge in [0.25, 0.3) is 5.91 Å². The molecule has 6 heteroatoms. The van der Waals surface area contributed by atoms with Crippen LogP contribution < -0.4 is 20.1 Å². The lowest BCUT2D eigenvalue weighted by Gasteiger charge is -2.27. The van der Waals surface area contributed by atoms with Gasteiger partial charge in [-0.05, 0) is 12.1 Å². The van der Waals surface area contributed by atoms with E-state index in [0.717, 1.165) is 13.1 Å². The van der Waals surface area contributed by atoms with Crippen LogP contribution in [0.15, 0.2) is 12.1 Å². The number of rotatable bonds is 3. The minimum Gasteiger partial charge on any atom is -0.454 e. The second-order valence-corrected chi connectivity index (χ2v) is 4.83. The first kappa shape index (κ1) is 11.6. The van der Waals surface area contributed by atoms with Crippen LogP contribution in [0.2, 0.25) is 5.02 Å². The van der Waals surface area contributed by atoms with Crippen LogP contribution in [-0.2, 0) is 0 Å². The first-order valence-corrected chi connectivity index (χ1v) is 6.20. The number of halogens is 1. The van der Waals surface area contributed by atoms with Crippen molar-refractivity contribution in [3.63, 3.8) is 0 Å². The van der Waals surface area contributed by atoms with Gasteiger partial charge in [-0.3, -0.25) is 4.79 Å². The molecule has 0 saturated carbocycles. The Balaban J connectivity index is 1.71. The summed E-state index contributed by atoms with van der Waals surface area (Å²) in [7, 11) is 0. The lowest BCUT2D eigenvalue weighted by atomic mass is 10.0. The number of carbonyl (C=O) groups is 1. The zero-order valence-electron chi connectivity index (χ0n) is 9.66. The Bertz CT molecular complexity index is 488. The molecule has 1 fully saturated rings. The molecule has 1 amide bonds. The van der Waals surface area contributed by atoms with Gasteiger partial charge in [-0.2, -0.15) is 0 Å². The van der Waals surface area contributed by atoms with Crippen molar-refractivity contribution < 1.29 is 14.3 Å². The van der Waals surface area contributed by atoms with Crippen molar-refractivity contribution in [3.8, 4) is 11.5 Å². The second kappa shape index (κ2) is 4.66. The molecule has 2 aliphatic heterocycles. The molecule has 0 aliphatic carbocycles. The molecule has 0 aromatic heterocycles. The van der Waals surface area contributed by atoms with E-state index in [9.17, 15) is 4.79 Å². The van der Waals surface area contributed by atoms with Crippen LogP contribution in [0.25, 0.3) is 0 Å². The lowest BCUT2D eigenvalue weighted by molar-refractivity contribution is 0.0942. The lowest BCUT2D eigenvalue weighted by Crippen LogP contribution is -2.48. The maximum atomic E-state index is 12.0. The van der Waals surface area contributed by atoms with Crippen LogP contribution in [0.3, 0.4) is 0 Å². The Hall–Kier alpha value is -1.46. The predicted octanol–water partition coefficient (Wildman–Crippen LogP) is 1.02. The molecule has 0 bridgehead atoms. The van der Waals surface area contributed by atoms with Crippen LogP contribution in [-0.4, -0.2) is 32.3 Å². The maximum Gasteiger partial charge on any atom is 0.251 e. The normalized spacial score (nSPS) is 17.4. The van der Waals surface area contributed by atoms with Gasteiger partial charge in [-0.1, -0.05) is 11.6 Å². The number of nitrogens with one attached hydrogen (secondary N) is 2. The van der Waals surface area contributed by atoms with E-state index in [1.54, 1.807) is 12.1 Å². The number of ether oxygens (including phenoxy) is 2. The van der Waals surface area contributed by atoms with Crippen LogP contribution in [0.1, 0.15) is 10.4 Å². The van der Waals surface area contributed by atoms with E-state index >= 15 is 0 Å². The van der Waals surface area contributed by atoms with Crippen molar-refractivity contribution in [1.82, 2.24) is 10.6 Å². The monoisotopic (exact) mass is 268 g/mol. The first-order chi connectivity index (χ1) is 8.74. The molecule has 2 aliphatic rings. The molecule has 5 nitrogen and oxygen atoms in total. The molecule has 18 heavy (non-hydrogen) atoms. The number of carbonyl (C=O) groups excluding carboxylic acids is 1. The summed E-state index contributed by atoms with van der Waals surface area (Å²) in [4.78, 5) is 12.0. The van der Waals surface area contributed by atoms with Crippen LogP contribution >= 0.6 is 11.6 Å². The van der Waals surface area contributed by atoms with Crippen molar-refractivity contribution in [1.29, 1.82) is 0 Å². The van der Waals surface area contributed by atoms with Gasteiger partial charge in [0.2, 0.25) is 6.79 Å². The SMILES string of the molecule is O=C(NCC1CNC1)c1cc(Cl)c2c(c1)OCO2. The van der Waals surface area contributed by atoms with Crippen LogP contribution in [0.5, 0.6) is 11.5 Å². The summed E-state index contributed by atoms with van der Waals surface area (Å²) in [5, 5.41) is 6.45. The van der Waals surface area contributed by atoms with Gasteiger partial charge in [0, 0.05) is 31.1 Å². The van der Waals surface area contributed by atoms with Crippen LogP contribution in [0, 0.1) is 5.92 Å². The predicted molar refractivity (Wildman–Crippen MR) is 66.3 cm³/mol. The highest BCUT2D eigenvalue weighted by Gasteiger charge is 2.22. The van der Waals surface area contributed by atoms with E-state index in [0.29, 0.717) is 34.5 Å². The number of amides is 1. The smallest absolute Gasteiger partial charge is 0.251 e. The van der Waals surface area contributed by atoms with E-state index in [1.165, 1.54) is 0 Å². The molecule has 3 rings (SSSR count). The van der Waals surface area contributed by atoms with Crippen molar-refractivity contribution >= 4 is 17.5 Å². The third-order valence-corrected chi connectivity index (χ3v) is 3.39. The third kappa shape index (κ3) is 2.11. The van der Waals surface area contributed by atoms with Crippen molar-refractivity contribution in [3.05, 3.63) is 22.7 Å². The van der Waals surface area contributed by atoms with E-state index < -0.39 is 0 Å². The molecule has 1 aromatic carbocycles. The van der Waals surface area contributed by atoms with E-state index in [2.05, 4.69) is 10.6 Å².